The van der Waals surface area contributed by atoms with Gasteiger partial charge in [0.2, 0.25) is 5.91 Å². The molecule has 0 saturated carbocycles. The number of hydrogen-bond donors (Lipinski definition) is 2. The first-order valence-corrected chi connectivity index (χ1v) is 8.69. The molecule has 0 bridgehead atoms. The van der Waals surface area contributed by atoms with Crippen LogP contribution in [0.5, 0.6) is 0 Å². The van der Waals surface area contributed by atoms with E-state index in [0.717, 1.165) is 24.8 Å². The first kappa shape index (κ1) is 19.7. The number of rotatable bonds is 10. The number of aliphatic hydroxyl groups is 1. The Morgan fingerprint density at radius 1 is 1.26 bits per heavy atom. The van der Waals surface area contributed by atoms with E-state index in [1.807, 2.05) is 30.3 Å². The summed E-state index contributed by atoms with van der Waals surface area (Å²) in [5, 5.41) is 10.4. The van der Waals surface area contributed by atoms with Crippen molar-refractivity contribution in [2.75, 3.05) is 6.54 Å². The molecule has 0 radical (unpaired) electrons. The summed E-state index contributed by atoms with van der Waals surface area (Å²) in [6.07, 6.45) is 2.45. The minimum Gasteiger partial charge on any atom is -0.390 e. The first-order valence-electron chi connectivity index (χ1n) is 8.69. The Hall–Kier alpha value is -1.39. The van der Waals surface area contributed by atoms with Gasteiger partial charge < -0.3 is 15.7 Å². The topological polar surface area (TPSA) is 66.6 Å². The van der Waals surface area contributed by atoms with Gasteiger partial charge in [-0.15, -0.1) is 0 Å². The number of nitrogens with zero attached hydrogens (tertiary/aromatic N) is 1. The van der Waals surface area contributed by atoms with E-state index in [2.05, 4.69) is 20.8 Å². The van der Waals surface area contributed by atoms with Crippen molar-refractivity contribution in [2.24, 2.45) is 11.7 Å². The standard InChI is InChI=1S/C19H32N2O2/c1-4-5-11-19(23)21(13-16-9-7-6-8-10-16)14-18(22)17(20)12-15(2)3/h6-10,15,17-18,22H,4-5,11-14,20H2,1-3H3/t17-,18?/m0/s1. The van der Waals surface area contributed by atoms with Crippen molar-refractivity contribution >= 4 is 5.91 Å². The fourth-order valence-electron chi connectivity index (χ4n) is 2.61. The Morgan fingerprint density at radius 2 is 1.91 bits per heavy atom. The molecule has 0 aliphatic carbocycles. The van der Waals surface area contributed by atoms with Gasteiger partial charge in [-0.1, -0.05) is 57.5 Å². The predicted octanol–water partition coefficient (Wildman–Crippen LogP) is 2.94. The van der Waals surface area contributed by atoms with Crippen LogP contribution in [0.3, 0.4) is 0 Å². The monoisotopic (exact) mass is 320 g/mol. The van der Waals surface area contributed by atoms with Crippen molar-refractivity contribution < 1.29 is 9.90 Å². The van der Waals surface area contributed by atoms with Gasteiger partial charge in [0.1, 0.15) is 0 Å². The molecular formula is C19H32N2O2. The van der Waals surface area contributed by atoms with Crippen LogP contribution < -0.4 is 5.73 Å². The van der Waals surface area contributed by atoms with Gasteiger partial charge in [0.25, 0.3) is 0 Å². The Labute approximate surface area is 140 Å². The van der Waals surface area contributed by atoms with Gasteiger partial charge in [0.15, 0.2) is 0 Å². The van der Waals surface area contributed by atoms with Crippen molar-refractivity contribution in [3.05, 3.63) is 35.9 Å². The summed E-state index contributed by atoms with van der Waals surface area (Å²) in [6.45, 7) is 7.06. The van der Waals surface area contributed by atoms with Crippen LogP contribution >= 0.6 is 0 Å². The van der Waals surface area contributed by atoms with Crippen LogP contribution in [0, 0.1) is 5.92 Å². The molecule has 1 unspecified atom stereocenters. The molecule has 3 N–H and O–H groups in total. The summed E-state index contributed by atoms with van der Waals surface area (Å²) in [7, 11) is 0. The average Bonchev–Trinajstić information content (AvgIpc) is 2.52. The Balaban J connectivity index is 2.72. The average molecular weight is 320 g/mol. The molecule has 4 nitrogen and oxygen atoms in total. The van der Waals surface area contributed by atoms with Gasteiger partial charge in [-0.25, -0.2) is 0 Å². The van der Waals surface area contributed by atoms with Crippen molar-refractivity contribution in [1.82, 2.24) is 4.90 Å². The van der Waals surface area contributed by atoms with Crippen molar-refractivity contribution in [3.63, 3.8) is 0 Å². The second-order valence-corrected chi connectivity index (χ2v) is 6.72. The summed E-state index contributed by atoms with van der Waals surface area (Å²) < 4.78 is 0. The Morgan fingerprint density at radius 3 is 2.48 bits per heavy atom. The third-order valence-electron chi connectivity index (χ3n) is 3.96. The molecule has 4 heteroatoms. The number of benzene rings is 1. The maximum absolute atomic E-state index is 12.5. The van der Waals surface area contributed by atoms with Crippen LogP contribution in [-0.4, -0.2) is 34.6 Å². The van der Waals surface area contributed by atoms with E-state index in [4.69, 9.17) is 5.73 Å². The third kappa shape index (κ3) is 7.62. The fourth-order valence-corrected chi connectivity index (χ4v) is 2.61. The van der Waals surface area contributed by atoms with Crippen LogP contribution in [-0.2, 0) is 11.3 Å². The highest BCUT2D eigenvalue weighted by atomic mass is 16.3. The molecular weight excluding hydrogens is 288 g/mol. The van der Waals surface area contributed by atoms with Crippen molar-refractivity contribution in [1.29, 1.82) is 0 Å². The van der Waals surface area contributed by atoms with E-state index in [1.165, 1.54) is 0 Å². The van der Waals surface area contributed by atoms with Crippen LogP contribution in [0.2, 0.25) is 0 Å². The summed E-state index contributed by atoms with van der Waals surface area (Å²) in [5.74, 6) is 0.518. The molecule has 23 heavy (non-hydrogen) atoms. The lowest BCUT2D eigenvalue weighted by Crippen LogP contribution is -2.45. The SMILES string of the molecule is CCCCC(=O)N(Cc1ccccc1)CC(O)[C@@H](N)CC(C)C. The summed E-state index contributed by atoms with van der Waals surface area (Å²) >= 11 is 0. The number of aliphatic hydroxyl groups excluding tert-OH is 1. The molecule has 0 aliphatic rings. The summed E-state index contributed by atoms with van der Waals surface area (Å²) in [6, 6.07) is 9.59. The van der Waals surface area contributed by atoms with Gasteiger partial charge in [-0.05, 0) is 24.3 Å². The van der Waals surface area contributed by atoms with Gasteiger partial charge in [-0.2, -0.15) is 0 Å². The van der Waals surface area contributed by atoms with Crippen molar-refractivity contribution in [2.45, 2.75) is 65.1 Å². The van der Waals surface area contributed by atoms with Gasteiger partial charge in [0.05, 0.1) is 6.10 Å². The van der Waals surface area contributed by atoms with E-state index in [0.29, 0.717) is 25.4 Å². The highest BCUT2D eigenvalue weighted by Crippen LogP contribution is 2.12. The van der Waals surface area contributed by atoms with Crippen LogP contribution in [0.25, 0.3) is 0 Å². The van der Waals surface area contributed by atoms with Crippen LogP contribution in [0.4, 0.5) is 0 Å². The predicted molar refractivity (Wildman–Crippen MR) is 94.8 cm³/mol. The highest BCUT2D eigenvalue weighted by Gasteiger charge is 2.22. The maximum atomic E-state index is 12.5. The number of hydrogen-bond acceptors (Lipinski definition) is 3. The van der Waals surface area contributed by atoms with E-state index in [9.17, 15) is 9.90 Å². The minimum absolute atomic E-state index is 0.0894. The number of amides is 1. The fraction of sp³-hybridized carbons (Fsp3) is 0.632. The van der Waals surface area contributed by atoms with E-state index in [-0.39, 0.29) is 11.9 Å². The summed E-state index contributed by atoms with van der Waals surface area (Å²) in [4.78, 5) is 14.2. The zero-order valence-corrected chi connectivity index (χ0v) is 14.7. The molecule has 2 atom stereocenters. The molecule has 1 aromatic carbocycles. The number of carbonyl (C=O) groups excluding carboxylic acids is 1. The molecule has 0 aromatic heterocycles. The molecule has 0 fully saturated rings. The second kappa shape index (κ2) is 10.4. The minimum atomic E-state index is -0.688. The molecule has 0 aliphatic heterocycles. The van der Waals surface area contributed by atoms with Crippen LogP contribution in [0.1, 0.15) is 52.0 Å². The largest absolute Gasteiger partial charge is 0.390 e. The highest BCUT2D eigenvalue weighted by molar-refractivity contribution is 5.76. The molecule has 1 rings (SSSR count). The quantitative estimate of drug-likeness (QED) is 0.696. The van der Waals surface area contributed by atoms with E-state index < -0.39 is 6.10 Å². The van der Waals surface area contributed by atoms with Crippen LogP contribution in [0.15, 0.2) is 30.3 Å². The molecule has 0 spiro atoms. The molecule has 0 heterocycles. The lowest BCUT2D eigenvalue weighted by Gasteiger charge is -2.29. The Kier molecular flexibility index (Phi) is 8.89. The van der Waals surface area contributed by atoms with Crippen molar-refractivity contribution in [3.8, 4) is 0 Å². The zero-order valence-electron chi connectivity index (χ0n) is 14.7. The third-order valence-corrected chi connectivity index (χ3v) is 3.96. The lowest BCUT2D eigenvalue weighted by atomic mass is 9.99. The first-order chi connectivity index (χ1) is 10.9. The molecule has 130 valence electrons. The Bertz CT molecular complexity index is 448. The normalized spacial score (nSPS) is 13.8. The molecule has 0 saturated heterocycles. The zero-order chi connectivity index (χ0) is 17.2. The van der Waals surface area contributed by atoms with Gasteiger partial charge >= 0.3 is 0 Å². The number of nitrogens with two attached hydrogens (primary N) is 1. The molecule has 1 aromatic rings. The van der Waals surface area contributed by atoms with E-state index >= 15 is 0 Å². The number of carbonyl (C=O) groups is 1. The van der Waals surface area contributed by atoms with Gasteiger partial charge in [0, 0.05) is 25.6 Å². The number of unbranched alkanes of at least 4 members (excludes halogenated alkanes) is 1. The lowest BCUT2D eigenvalue weighted by molar-refractivity contribution is -0.133. The summed E-state index contributed by atoms with van der Waals surface area (Å²) in [5.41, 5.74) is 7.14. The van der Waals surface area contributed by atoms with E-state index in [1.54, 1.807) is 4.90 Å². The molecule has 1 amide bonds. The maximum Gasteiger partial charge on any atom is 0.222 e. The smallest absolute Gasteiger partial charge is 0.222 e. The van der Waals surface area contributed by atoms with Gasteiger partial charge in [-0.3, -0.25) is 4.79 Å². The second-order valence-electron chi connectivity index (χ2n) is 6.72.